The maximum Gasteiger partial charge on any atom is 0.204 e. The molecule has 58 heavy (non-hydrogen) atoms. The number of aromatic hydroxyl groups is 2. The monoisotopic (exact) mass is 810 g/mol. The lowest BCUT2D eigenvalue weighted by Crippen LogP contribution is -2.29. The molecule has 6 N–H and O–H groups in total. The van der Waals surface area contributed by atoms with Gasteiger partial charge in [0.1, 0.15) is 12.2 Å². The molecular formula is C42H50O16. The Morgan fingerprint density at radius 1 is 0.517 bits per heavy atom. The number of phenolic OH excluding ortho intramolecular Hbond substituents is 2. The highest BCUT2D eigenvalue weighted by Gasteiger charge is 2.49. The Hall–Kier alpha value is -5.36. The van der Waals surface area contributed by atoms with Crippen molar-refractivity contribution in [2.75, 3.05) is 69.1 Å². The fraction of sp³-hybridized carbons (Fsp3) is 0.429. The number of rotatable bonds is 18. The largest absolute Gasteiger partial charge is 0.504 e. The molecule has 4 aromatic rings. The number of hydrogen-bond donors (Lipinski definition) is 6. The number of hydrogen-bond acceptors (Lipinski definition) is 16. The van der Waals surface area contributed by atoms with Gasteiger partial charge < -0.3 is 78.0 Å². The van der Waals surface area contributed by atoms with Crippen LogP contribution in [0.4, 0.5) is 0 Å². The van der Waals surface area contributed by atoms with E-state index in [1.807, 2.05) is 0 Å². The van der Waals surface area contributed by atoms with Gasteiger partial charge in [-0.2, -0.15) is 0 Å². The van der Waals surface area contributed by atoms with Crippen LogP contribution in [0.25, 0.3) is 0 Å². The fourth-order valence-electron chi connectivity index (χ4n) is 7.50. The summed E-state index contributed by atoms with van der Waals surface area (Å²) in [5.41, 5.74) is 2.12. The first kappa shape index (κ1) is 42.3. The summed E-state index contributed by atoms with van der Waals surface area (Å²) in [7, 11) is 8.67. The zero-order valence-electron chi connectivity index (χ0n) is 33.0. The second-order valence-electron chi connectivity index (χ2n) is 13.8. The Labute approximate surface area is 335 Å². The number of fused-ring (bicyclic) bond motifs is 1. The van der Waals surface area contributed by atoms with Crippen LogP contribution >= 0.6 is 0 Å². The molecule has 0 spiro atoms. The van der Waals surface area contributed by atoms with Gasteiger partial charge in [0, 0.05) is 11.8 Å². The van der Waals surface area contributed by atoms with Crippen molar-refractivity contribution in [2.45, 2.75) is 36.6 Å². The smallest absolute Gasteiger partial charge is 0.204 e. The van der Waals surface area contributed by atoms with Crippen molar-refractivity contribution in [3.8, 4) is 57.5 Å². The highest BCUT2D eigenvalue weighted by atomic mass is 16.6. The lowest BCUT2D eigenvalue weighted by Gasteiger charge is -2.26. The molecule has 314 valence electrons. The Bertz CT molecular complexity index is 1970. The topological polar surface area (TPSA) is 214 Å². The summed E-state index contributed by atoms with van der Waals surface area (Å²) in [6, 6.07) is 15.8. The molecule has 16 nitrogen and oxygen atoms in total. The number of methoxy groups -OCH3 is 6. The van der Waals surface area contributed by atoms with E-state index >= 15 is 0 Å². The van der Waals surface area contributed by atoms with E-state index in [0.29, 0.717) is 24.3 Å². The molecule has 0 aromatic heterocycles. The first-order valence-corrected chi connectivity index (χ1v) is 18.4. The molecule has 8 atom stereocenters. The summed E-state index contributed by atoms with van der Waals surface area (Å²) >= 11 is 0. The van der Waals surface area contributed by atoms with Gasteiger partial charge in [0.05, 0.1) is 81.3 Å². The average molecular weight is 811 g/mol. The van der Waals surface area contributed by atoms with Gasteiger partial charge in [0.2, 0.25) is 11.5 Å². The molecule has 2 saturated heterocycles. The van der Waals surface area contributed by atoms with Crippen molar-refractivity contribution >= 4 is 0 Å². The van der Waals surface area contributed by atoms with E-state index in [2.05, 4.69) is 0 Å². The van der Waals surface area contributed by atoms with Crippen molar-refractivity contribution in [1.29, 1.82) is 0 Å². The van der Waals surface area contributed by atoms with E-state index in [1.165, 1.54) is 73.0 Å². The molecule has 0 aliphatic carbocycles. The summed E-state index contributed by atoms with van der Waals surface area (Å²) in [5.74, 6) is 1.36. The van der Waals surface area contributed by atoms with Gasteiger partial charge in [-0.3, -0.25) is 0 Å². The molecule has 2 aliphatic heterocycles. The van der Waals surface area contributed by atoms with Gasteiger partial charge in [-0.15, -0.1) is 0 Å². The Balaban J connectivity index is 1.22. The van der Waals surface area contributed by atoms with Crippen LogP contribution < -0.4 is 37.9 Å². The van der Waals surface area contributed by atoms with E-state index in [4.69, 9.17) is 47.4 Å². The summed E-state index contributed by atoms with van der Waals surface area (Å²) in [6.45, 7) is -0.422. The molecular weight excluding hydrogens is 760 g/mol. The van der Waals surface area contributed by atoms with Crippen LogP contribution in [0.15, 0.2) is 60.7 Å². The standard InChI is InChI=1S/C42H50O16/c1-49-29-10-8-21(11-28(29)46)37(47)35(17-43)57-41-31(51-3)13-23(14-32(41)52-4)39-25-19-56-40(26(25)20-55-39)24-15-33(53-5)42(34(16-24)54-6)58-36(18-44)38(48)22-7-9-27(45)30(12-22)50-2/h7-16,25-26,35-40,43-48H,17-20H2,1-6H3/t25-,26-,35+,36+,37-,38-,39+,40+/m1/s1. The second kappa shape index (κ2) is 18.5. The zero-order valence-corrected chi connectivity index (χ0v) is 33.0. The van der Waals surface area contributed by atoms with Gasteiger partial charge in [-0.1, -0.05) is 12.1 Å². The third-order valence-electron chi connectivity index (χ3n) is 10.6. The van der Waals surface area contributed by atoms with E-state index in [9.17, 15) is 30.6 Å². The van der Waals surface area contributed by atoms with Crippen LogP contribution in [0.3, 0.4) is 0 Å². The van der Waals surface area contributed by atoms with E-state index in [-0.39, 0.29) is 69.3 Å². The van der Waals surface area contributed by atoms with Crippen molar-refractivity contribution in [3.63, 3.8) is 0 Å². The van der Waals surface area contributed by atoms with Gasteiger partial charge in [-0.25, -0.2) is 0 Å². The minimum atomic E-state index is -1.34. The molecule has 0 amide bonds. The molecule has 4 aromatic carbocycles. The molecule has 6 rings (SSSR count). The summed E-state index contributed by atoms with van der Waals surface area (Å²) < 4.78 is 58.3. The number of aliphatic hydroxyl groups is 4. The first-order chi connectivity index (χ1) is 28.0. The Kier molecular flexibility index (Phi) is 13.5. The Morgan fingerprint density at radius 2 is 0.914 bits per heavy atom. The number of aliphatic hydroxyl groups excluding tert-OH is 4. The van der Waals surface area contributed by atoms with Crippen LogP contribution in [0.5, 0.6) is 57.5 Å². The Morgan fingerprint density at radius 3 is 1.29 bits per heavy atom. The molecule has 0 unspecified atom stereocenters. The molecule has 0 bridgehead atoms. The lowest BCUT2D eigenvalue weighted by molar-refractivity contribution is -0.00205. The van der Waals surface area contributed by atoms with Crippen LogP contribution in [0, 0.1) is 11.8 Å². The van der Waals surface area contributed by atoms with E-state index in [0.717, 1.165) is 11.1 Å². The van der Waals surface area contributed by atoms with Gasteiger partial charge in [-0.05, 0) is 70.8 Å². The predicted octanol–water partition coefficient (Wildman–Crippen LogP) is 4.17. The van der Waals surface area contributed by atoms with Crippen LogP contribution in [-0.2, 0) is 9.47 Å². The summed E-state index contributed by atoms with van der Waals surface area (Å²) in [6.07, 6.45) is -5.80. The molecule has 0 saturated carbocycles. The zero-order chi connectivity index (χ0) is 41.7. The minimum Gasteiger partial charge on any atom is -0.504 e. The number of phenols is 2. The van der Waals surface area contributed by atoms with E-state index < -0.39 is 49.8 Å². The van der Waals surface area contributed by atoms with Crippen LogP contribution in [-0.4, -0.2) is 112 Å². The van der Waals surface area contributed by atoms with Crippen molar-refractivity contribution in [2.24, 2.45) is 11.8 Å². The average Bonchev–Trinajstić information content (AvgIpc) is 3.87. The normalized spacial score (nSPS) is 20.7. The lowest BCUT2D eigenvalue weighted by atomic mass is 9.84. The number of ether oxygens (including phenoxy) is 10. The SMILES string of the molecule is COc1ccc([C@@H](O)[C@H](CO)Oc2c(OC)cc([C@@H]3OC[C@@H]4[C@H]3CO[C@H]4c3cc(OC)c(O[C@@H](CO)[C@H](O)c4ccc(O)c(OC)c4)c(OC)c3)cc2OC)cc1O. The molecule has 16 heteroatoms. The first-order valence-electron chi connectivity index (χ1n) is 18.4. The van der Waals surface area contributed by atoms with Crippen molar-refractivity contribution in [1.82, 2.24) is 0 Å². The second-order valence-corrected chi connectivity index (χ2v) is 13.8. The third-order valence-corrected chi connectivity index (χ3v) is 10.6. The summed E-state index contributed by atoms with van der Waals surface area (Å²) in [5, 5.41) is 63.0. The maximum absolute atomic E-state index is 11.2. The third kappa shape index (κ3) is 8.30. The van der Waals surface area contributed by atoms with Crippen molar-refractivity contribution in [3.05, 3.63) is 82.9 Å². The highest BCUT2D eigenvalue weighted by molar-refractivity contribution is 5.56. The predicted molar refractivity (Wildman–Crippen MR) is 206 cm³/mol. The molecule has 2 heterocycles. The highest BCUT2D eigenvalue weighted by Crippen LogP contribution is 2.54. The number of benzene rings is 4. The van der Waals surface area contributed by atoms with Crippen LogP contribution in [0.2, 0.25) is 0 Å². The minimum absolute atomic E-state index is 0.0922. The van der Waals surface area contributed by atoms with Gasteiger partial charge in [0.15, 0.2) is 58.2 Å². The van der Waals surface area contributed by atoms with Gasteiger partial charge >= 0.3 is 0 Å². The molecule has 0 radical (unpaired) electrons. The van der Waals surface area contributed by atoms with E-state index in [1.54, 1.807) is 30.3 Å². The maximum atomic E-state index is 11.2. The van der Waals surface area contributed by atoms with Crippen LogP contribution in [0.1, 0.15) is 46.7 Å². The molecule has 2 aliphatic rings. The van der Waals surface area contributed by atoms with Gasteiger partial charge in [0.25, 0.3) is 0 Å². The molecule has 2 fully saturated rings. The van der Waals surface area contributed by atoms with Crippen molar-refractivity contribution < 1.29 is 78.0 Å². The summed E-state index contributed by atoms with van der Waals surface area (Å²) in [4.78, 5) is 0. The fourth-order valence-corrected chi connectivity index (χ4v) is 7.50. The quantitative estimate of drug-likeness (QED) is 0.0832.